The van der Waals surface area contributed by atoms with Gasteiger partial charge in [-0.2, -0.15) is 5.26 Å². The van der Waals surface area contributed by atoms with Crippen LogP contribution in [0.3, 0.4) is 0 Å². The lowest BCUT2D eigenvalue weighted by Crippen LogP contribution is -2.10. The van der Waals surface area contributed by atoms with Gasteiger partial charge in [-0.15, -0.1) is 0 Å². The minimum atomic E-state index is 0.343. The van der Waals surface area contributed by atoms with Crippen LogP contribution in [0.5, 0.6) is 5.75 Å². The standard InChI is InChI=1S/C16H17N3O/c17-8-4-3-5-12-10-18-16-15(12)9-14(11-19-16)20-13-6-1-2-7-13/h3-4,9-11,13H,1-2,5-7H2,(H,18,19). The number of aromatic nitrogens is 2. The molecule has 1 aliphatic rings. The molecule has 20 heavy (non-hydrogen) atoms. The van der Waals surface area contributed by atoms with Crippen LogP contribution in [0.4, 0.5) is 0 Å². The molecular formula is C16H17N3O. The van der Waals surface area contributed by atoms with E-state index in [4.69, 9.17) is 10.00 Å². The number of H-pyrrole nitrogens is 1. The van der Waals surface area contributed by atoms with Crippen LogP contribution in [0.1, 0.15) is 31.2 Å². The van der Waals surface area contributed by atoms with Gasteiger partial charge in [0.15, 0.2) is 0 Å². The van der Waals surface area contributed by atoms with Gasteiger partial charge in [0.1, 0.15) is 11.4 Å². The van der Waals surface area contributed by atoms with Crippen LogP contribution in [0.15, 0.2) is 30.6 Å². The summed E-state index contributed by atoms with van der Waals surface area (Å²) >= 11 is 0. The summed E-state index contributed by atoms with van der Waals surface area (Å²) in [5.41, 5.74) is 2.00. The molecule has 102 valence electrons. The van der Waals surface area contributed by atoms with Crippen molar-refractivity contribution in [1.82, 2.24) is 9.97 Å². The quantitative estimate of drug-likeness (QED) is 0.862. The average Bonchev–Trinajstić information content (AvgIpc) is 3.09. The van der Waals surface area contributed by atoms with Gasteiger partial charge in [-0.1, -0.05) is 6.08 Å². The van der Waals surface area contributed by atoms with Crippen LogP contribution in [0, 0.1) is 11.3 Å². The molecule has 1 aliphatic carbocycles. The normalized spacial score (nSPS) is 15.9. The zero-order chi connectivity index (χ0) is 13.8. The minimum Gasteiger partial charge on any atom is -0.489 e. The number of rotatable bonds is 4. The van der Waals surface area contributed by atoms with Crippen molar-refractivity contribution < 1.29 is 4.74 Å². The Labute approximate surface area is 118 Å². The van der Waals surface area contributed by atoms with Gasteiger partial charge < -0.3 is 9.72 Å². The summed E-state index contributed by atoms with van der Waals surface area (Å²) in [5, 5.41) is 9.61. The number of hydrogen-bond acceptors (Lipinski definition) is 3. The summed E-state index contributed by atoms with van der Waals surface area (Å²) in [4.78, 5) is 7.55. The van der Waals surface area contributed by atoms with Gasteiger partial charge >= 0.3 is 0 Å². The molecule has 0 bridgehead atoms. The van der Waals surface area contributed by atoms with Gasteiger partial charge in [0.2, 0.25) is 0 Å². The zero-order valence-electron chi connectivity index (χ0n) is 11.3. The second kappa shape index (κ2) is 5.79. The van der Waals surface area contributed by atoms with Crippen LogP contribution in [-0.4, -0.2) is 16.1 Å². The number of ether oxygens (including phenoxy) is 1. The third-order valence-electron chi connectivity index (χ3n) is 3.73. The van der Waals surface area contributed by atoms with E-state index in [2.05, 4.69) is 9.97 Å². The summed E-state index contributed by atoms with van der Waals surface area (Å²) in [5.74, 6) is 0.842. The maximum atomic E-state index is 8.53. The highest BCUT2D eigenvalue weighted by atomic mass is 16.5. The van der Waals surface area contributed by atoms with E-state index in [9.17, 15) is 0 Å². The number of nitrogens with zero attached hydrogens (tertiary/aromatic N) is 2. The van der Waals surface area contributed by atoms with Crippen molar-refractivity contribution in [2.24, 2.45) is 0 Å². The lowest BCUT2D eigenvalue weighted by molar-refractivity contribution is 0.209. The van der Waals surface area contributed by atoms with Crippen LogP contribution < -0.4 is 4.74 Å². The Morgan fingerprint density at radius 2 is 2.30 bits per heavy atom. The van der Waals surface area contributed by atoms with Crippen molar-refractivity contribution in [3.05, 3.63) is 36.2 Å². The van der Waals surface area contributed by atoms with Gasteiger partial charge in [-0.3, -0.25) is 0 Å². The molecule has 1 fully saturated rings. The predicted molar refractivity (Wildman–Crippen MR) is 77.4 cm³/mol. The minimum absolute atomic E-state index is 0.343. The van der Waals surface area contributed by atoms with Crippen molar-refractivity contribution in [3.63, 3.8) is 0 Å². The molecule has 4 nitrogen and oxygen atoms in total. The number of aromatic amines is 1. The Kier molecular flexibility index (Phi) is 3.69. The highest BCUT2D eigenvalue weighted by Crippen LogP contribution is 2.27. The molecule has 0 atom stereocenters. The Bertz CT molecular complexity index is 660. The largest absolute Gasteiger partial charge is 0.489 e. The van der Waals surface area contributed by atoms with E-state index in [-0.39, 0.29) is 0 Å². The Balaban J connectivity index is 1.82. The first-order valence-corrected chi connectivity index (χ1v) is 7.04. The van der Waals surface area contributed by atoms with Crippen molar-refractivity contribution >= 4 is 11.0 Å². The van der Waals surface area contributed by atoms with Crippen LogP contribution in [0.25, 0.3) is 11.0 Å². The SMILES string of the molecule is N#CC=CCc1c[nH]c2ncc(OC3CCCC3)cc12. The topological polar surface area (TPSA) is 61.7 Å². The molecule has 4 heteroatoms. The van der Waals surface area contributed by atoms with Gasteiger partial charge in [0.25, 0.3) is 0 Å². The Morgan fingerprint density at radius 3 is 3.10 bits per heavy atom. The average molecular weight is 267 g/mol. The van der Waals surface area contributed by atoms with Gasteiger partial charge in [-0.05, 0) is 43.7 Å². The number of fused-ring (bicyclic) bond motifs is 1. The lowest BCUT2D eigenvalue weighted by Gasteiger charge is -2.12. The molecule has 3 rings (SSSR count). The van der Waals surface area contributed by atoms with E-state index in [1.807, 2.05) is 24.4 Å². The monoisotopic (exact) mass is 267 g/mol. The van der Waals surface area contributed by atoms with Crippen LogP contribution in [-0.2, 0) is 6.42 Å². The highest BCUT2D eigenvalue weighted by Gasteiger charge is 2.17. The van der Waals surface area contributed by atoms with Crippen LogP contribution >= 0.6 is 0 Å². The molecule has 0 amide bonds. The Morgan fingerprint density at radius 1 is 1.45 bits per heavy atom. The smallest absolute Gasteiger partial charge is 0.138 e. The van der Waals surface area contributed by atoms with Gasteiger partial charge in [0, 0.05) is 17.7 Å². The van der Waals surface area contributed by atoms with E-state index >= 15 is 0 Å². The summed E-state index contributed by atoms with van der Waals surface area (Å²) in [6, 6.07) is 4.06. The molecular weight excluding hydrogens is 250 g/mol. The van der Waals surface area contributed by atoms with Crippen molar-refractivity contribution in [2.75, 3.05) is 0 Å². The molecule has 0 spiro atoms. The molecule has 2 aromatic heterocycles. The first-order chi connectivity index (χ1) is 9.86. The third kappa shape index (κ3) is 2.67. The molecule has 0 radical (unpaired) electrons. The molecule has 1 N–H and O–H groups in total. The number of nitrogens with one attached hydrogen (secondary N) is 1. The number of pyridine rings is 1. The van der Waals surface area contributed by atoms with Crippen molar-refractivity contribution in [3.8, 4) is 11.8 Å². The van der Waals surface area contributed by atoms with Crippen molar-refractivity contribution in [2.45, 2.75) is 38.2 Å². The zero-order valence-corrected chi connectivity index (χ0v) is 11.3. The van der Waals surface area contributed by atoms with E-state index in [1.54, 1.807) is 6.20 Å². The molecule has 0 unspecified atom stereocenters. The fourth-order valence-electron chi connectivity index (χ4n) is 2.71. The van der Waals surface area contributed by atoms with E-state index in [1.165, 1.54) is 18.9 Å². The fourth-order valence-corrected chi connectivity index (χ4v) is 2.71. The second-order valence-corrected chi connectivity index (χ2v) is 5.14. The summed E-state index contributed by atoms with van der Waals surface area (Å²) < 4.78 is 5.99. The Hall–Kier alpha value is -2.28. The summed E-state index contributed by atoms with van der Waals surface area (Å²) in [7, 11) is 0. The van der Waals surface area contributed by atoms with Gasteiger partial charge in [0.05, 0.1) is 18.4 Å². The van der Waals surface area contributed by atoms with E-state index < -0.39 is 0 Å². The predicted octanol–water partition coefficient (Wildman–Crippen LogP) is 3.51. The summed E-state index contributed by atoms with van der Waals surface area (Å²) in [6.45, 7) is 0. The maximum Gasteiger partial charge on any atom is 0.138 e. The molecule has 2 heterocycles. The number of nitriles is 1. The maximum absolute atomic E-state index is 8.53. The molecule has 0 aliphatic heterocycles. The number of allylic oxidation sites excluding steroid dienone is 2. The highest BCUT2D eigenvalue weighted by molar-refractivity contribution is 5.81. The van der Waals surface area contributed by atoms with Crippen molar-refractivity contribution in [1.29, 1.82) is 5.26 Å². The molecule has 1 saturated carbocycles. The first kappa shape index (κ1) is 12.7. The summed E-state index contributed by atoms with van der Waals surface area (Å²) in [6.07, 6.45) is 13.0. The molecule has 2 aromatic rings. The fraction of sp³-hybridized carbons (Fsp3) is 0.375. The van der Waals surface area contributed by atoms with Gasteiger partial charge in [-0.25, -0.2) is 4.98 Å². The van der Waals surface area contributed by atoms with E-state index in [0.717, 1.165) is 41.6 Å². The van der Waals surface area contributed by atoms with E-state index in [0.29, 0.717) is 6.10 Å². The molecule has 0 aromatic carbocycles. The van der Waals surface area contributed by atoms with Crippen LogP contribution in [0.2, 0.25) is 0 Å². The lowest BCUT2D eigenvalue weighted by atomic mass is 10.1. The second-order valence-electron chi connectivity index (χ2n) is 5.14. The third-order valence-corrected chi connectivity index (χ3v) is 3.73. The number of hydrogen-bond donors (Lipinski definition) is 1. The molecule has 0 saturated heterocycles. The first-order valence-electron chi connectivity index (χ1n) is 7.04.